The first-order chi connectivity index (χ1) is 10.7. The number of nitrogens with zero attached hydrogens (tertiary/aromatic N) is 1. The highest BCUT2D eigenvalue weighted by molar-refractivity contribution is 5.63. The smallest absolute Gasteiger partial charge is 0.105 e. The van der Waals surface area contributed by atoms with E-state index in [-0.39, 0.29) is 19.3 Å². The Morgan fingerprint density at radius 3 is 2.18 bits per heavy atom. The van der Waals surface area contributed by atoms with Crippen LogP contribution in [0.1, 0.15) is 18.4 Å². The average Bonchev–Trinajstić information content (AvgIpc) is 2.56. The van der Waals surface area contributed by atoms with E-state index in [1.54, 1.807) is 0 Å². The maximum absolute atomic E-state index is 14.0. The Hall–Kier alpha value is -2.21. The molecule has 22 heavy (non-hydrogen) atoms. The van der Waals surface area contributed by atoms with Crippen LogP contribution in [0.3, 0.4) is 0 Å². The van der Waals surface area contributed by atoms with Crippen molar-refractivity contribution < 1.29 is 8.78 Å². The summed E-state index contributed by atoms with van der Waals surface area (Å²) in [5, 5.41) is 8.85. The van der Waals surface area contributed by atoms with E-state index in [0.29, 0.717) is 0 Å². The number of hydrogen-bond acceptors (Lipinski definition) is 1. The molecule has 0 aliphatic carbocycles. The minimum absolute atomic E-state index is 0.0981. The Kier molecular flexibility index (Phi) is 6.09. The largest absolute Gasteiger partial charge is 0.251 e. The first-order valence-electron chi connectivity index (χ1n) is 7.47. The Morgan fingerprint density at radius 2 is 1.59 bits per heavy atom. The van der Waals surface area contributed by atoms with Gasteiger partial charge in [0, 0.05) is 6.42 Å². The molecule has 114 valence electrons. The summed E-state index contributed by atoms with van der Waals surface area (Å²) in [5.41, 5.74) is 3.11. The van der Waals surface area contributed by atoms with Gasteiger partial charge in [-0.25, -0.2) is 4.39 Å². The van der Waals surface area contributed by atoms with Crippen molar-refractivity contribution in [1.82, 2.24) is 0 Å². The SMILES string of the molecule is N#CC(CCF)CC(F)Cc1ccc(-c2ccccc2)cc1. The maximum Gasteiger partial charge on any atom is 0.105 e. The average molecular weight is 299 g/mol. The standard InChI is InChI=1S/C19H19F2N/c20-11-10-16(14-22)13-19(21)12-15-6-8-18(9-7-15)17-4-2-1-3-5-17/h1-9,16,19H,10-13H2. The fourth-order valence-electron chi connectivity index (χ4n) is 2.48. The molecule has 0 spiro atoms. The van der Waals surface area contributed by atoms with Crippen LogP contribution in [0.15, 0.2) is 54.6 Å². The highest BCUT2D eigenvalue weighted by atomic mass is 19.1. The van der Waals surface area contributed by atoms with Crippen molar-refractivity contribution in [2.24, 2.45) is 5.92 Å². The predicted molar refractivity (Wildman–Crippen MR) is 84.8 cm³/mol. The highest BCUT2D eigenvalue weighted by Gasteiger charge is 2.16. The second-order valence-corrected chi connectivity index (χ2v) is 5.40. The van der Waals surface area contributed by atoms with Crippen molar-refractivity contribution in [3.63, 3.8) is 0 Å². The number of halogens is 2. The third kappa shape index (κ3) is 4.66. The number of nitriles is 1. The molecule has 1 nitrogen and oxygen atoms in total. The van der Waals surface area contributed by atoms with E-state index in [1.165, 1.54) is 0 Å². The van der Waals surface area contributed by atoms with Crippen LogP contribution in [0.5, 0.6) is 0 Å². The van der Waals surface area contributed by atoms with Gasteiger partial charge in [-0.2, -0.15) is 5.26 Å². The van der Waals surface area contributed by atoms with Gasteiger partial charge in [-0.1, -0.05) is 54.6 Å². The summed E-state index contributed by atoms with van der Waals surface area (Å²) in [4.78, 5) is 0. The molecule has 2 rings (SSSR count). The van der Waals surface area contributed by atoms with Crippen molar-refractivity contribution in [3.05, 3.63) is 60.2 Å². The van der Waals surface area contributed by atoms with Crippen LogP contribution in [0, 0.1) is 17.2 Å². The van der Waals surface area contributed by atoms with E-state index < -0.39 is 18.8 Å². The third-order valence-corrected chi connectivity index (χ3v) is 3.70. The molecule has 0 aliphatic heterocycles. The van der Waals surface area contributed by atoms with Crippen LogP contribution >= 0.6 is 0 Å². The summed E-state index contributed by atoms with van der Waals surface area (Å²) in [6, 6.07) is 19.7. The lowest BCUT2D eigenvalue weighted by Crippen LogP contribution is -2.11. The monoisotopic (exact) mass is 299 g/mol. The fraction of sp³-hybridized carbons (Fsp3) is 0.316. The second-order valence-electron chi connectivity index (χ2n) is 5.40. The number of alkyl halides is 2. The van der Waals surface area contributed by atoms with Gasteiger partial charge in [-0.3, -0.25) is 4.39 Å². The van der Waals surface area contributed by atoms with E-state index in [2.05, 4.69) is 0 Å². The summed E-state index contributed by atoms with van der Waals surface area (Å²) >= 11 is 0. The van der Waals surface area contributed by atoms with E-state index >= 15 is 0 Å². The summed E-state index contributed by atoms with van der Waals surface area (Å²) < 4.78 is 26.2. The summed E-state index contributed by atoms with van der Waals surface area (Å²) in [6.45, 7) is -0.573. The van der Waals surface area contributed by atoms with Gasteiger partial charge in [0.2, 0.25) is 0 Å². The van der Waals surface area contributed by atoms with Crippen molar-refractivity contribution in [2.75, 3.05) is 6.67 Å². The number of benzene rings is 2. The van der Waals surface area contributed by atoms with Gasteiger partial charge >= 0.3 is 0 Å². The summed E-state index contributed by atoms with van der Waals surface area (Å²) in [6.07, 6.45) is -0.636. The Labute approximate surface area is 130 Å². The van der Waals surface area contributed by atoms with Gasteiger partial charge in [-0.05, 0) is 29.5 Å². The van der Waals surface area contributed by atoms with E-state index in [9.17, 15) is 8.78 Å². The zero-order valence-electron chi connectivity index (χ0n) is 12.4. The van der Waals surface area contributed by atoms with E-state index in [1.807, 2.05) is 60.7 Å². The second kappa shape index (κ2) is 8.29. The molecule has 0 radical (unpaired) electrons. The molecule has 0 bridgehead atoms. The molecule has 0 saturated heterocycles. The summed E-state index contributed by atoms with van der Waals surface area (Å²) in [5.74, 6) is -0.538. The molecule has 0 aliphatic rings. The molecular weight excluding hydrogens is 280 g/mol. The van der Waals surface area contributed by atoms with Gasteiger partial charge in [0.1, 0.15) is 6.17 Å². The zero-order chi connectivity index (χ0) is 15.8. The lowest BCUT2D eigenvalue weighted by molar-refractivity contribution is 0.273. The van der Waals surface area contributed by atoms with Crippen molar-refractivity contribution in [1.29, 1.82) is 5.26 Å². The minimum atomic E-state index is -1.11. The first-order valence-corrected chi connectivity index (χ1v) is 7.47. The lowest BCUT2D eigenvalue weighted by Gasteiger charge is -2.12. The Balaban J connectivity index is 1.95. The minimum Gasteiger partial charge on any atom is -0.251 e. The first kappa shape index (κ1) is 16.2. The molecule has 2 aromatic rings. The molecule has 0 N–H and O–H groups in total. The van der Waals surface area contributed by atoms with Crippen LogP contribution in [0.25, 0.3) is 11.1 Å². The van der Waals surface area contributed by atoms with Crippen molar-refractivity contribution >= 4 is 0 Å². The van der Waals surface area contributed by atoms with Gasteiger partial charge in [0.05, 0.1) is 18.7 Å². The molecule has 3 heteroatoms. The van der Waals surface area contributed by atoms with Crippen molar-refractivity contribution in [3.8, 4) is 17.2 Å². The molecule has 0 amide bonds. The number of rotatable bonds is 7. The van der Waals surface area contributed by atoms with Gasteiger partial charge in [0.25, 0.3) is 0 Å². The number of hydrogen-bond donors (Lipinski definition) is 0. The van der Waals surface area contributed by atoms with Gasteiger partial charge in [-0.15, -0.1) is 0 Å². The highest BCUT2D eigenvalue weighted by Crippen LogP contribution is 2.21. The lowest BCUT2D eigenvalue weighted by atomic mass is 9.96. The van der Waals surface area contributed by atoms with Crippen LogP contribution in [0.2, 0.25) is 0 Å². The van der Waals surface area contributed by atoms with Crippen LogP contribution < -0.4 is 0 Å². The molecule has 0 aromatic heterocycles. The summed E-state index contributed by atoms with van der Waals surface area (Å²) in [7, 11) is 0. The Bertz CT molecular complexity index is 602. The normalized spacial score (nSPS) is 13.3. The third-order valence-electron chi connectivity index (χ3n) is 3.70. The maximum atomic E-state index is 14.0. The molecule has 2 aromatic carbocycles. The predicted octanol–water partition coefficient (Wildman–Crippen LogP) is 5.12. The van der Waals surface area contributed by atoms with Crippen LogP contribution in [0.4, 0.5) is 8.78 Å². The van der Waals surface area contributed by atoms with Crippen LogP contribution in [-0.4, -0.2) is 12.8 Å². The quantitative estimate of drug-likeness (QED) is 0.696. The molecule has 0 heterocycles. The zero-order valence-corrected chi connectivity index (χ0v) is 12.4. The van der Waals surface area contributed by atoms with Crippen molar-refractivity contribution in [2.45, 2.75) is 25.4 Å². The van der Waals surface area contributed by atoms with Crippen LogP contribution in [-0.2, 0) is 6.42 Å². The van der Waals surface area contributed by atoms with E-state index in [0.717, 1.165) is 16.7 Å². The molecular formula is C19H19F2N. The molecule has 0 saturated carbocycles. The molecule has 0 fully saturated rings. The molecule has 2 atom stereocenters. The topological polar surface area (TPSA) is 23.8 Å². The van der Waals surface area contributed by atoms with E-state index in [4.69, 9.17) is 5.26 Å². The molecule has 2 unspecified atom stereocenters. The Morgan fingerprint density at radius 1 is 0.955 bits per heavy atom. The van der Waals surface area contributed by atoms with Gasteiger partial charge in [0.15, 0.2) is 0 Å². The fourth-order valence-corrected chi connectivity index (χ4v) is 2.48. The van der Waals surface area contributed by atoms with Gasteiger partial charge < -0.3 is 0 Å².